The zero-order valence-corrected chi connectivity index (χ0v) is 17.1. The number of aryl methyl sites for hydroxylation is 1. The number of nitrogens with zero attached hydrogens (tertiary/aromatic N) is 1. The zero-order chi connectivity index (χ0) is 21.1. The first kappa shape index (κ1) is 19.6. The smallest absolute Gasteiger partial charge is 0.339 e. The Balaban J connectivity index is 2.07. The highest BCUT2D eigenvalue weighted by Crippen LogP contribution is 2.47. The summed E-state index contributed by atoms with van der Waals surface area (Å²) < 4.78 is 5.45. The summed E-state index contributed by atoms with van der Waals surface area (Å²) >= 11 is 0. The van der Waals surface area contributed by atoms with Crippen LogP contribution in [0.25, 0.3) is 0 Å². The number of benzene rings is 3. The van der Waals surface area contributed by atoms with Crippen molar-refractivity contribution in [2.45, 2.75) is 19.3 Å². The third kappa shape index (κ3) is 3.11. The molecule has 0 spiro atoms. The molecule has 30 heavy (non-hydrogen) atoms. The average Bonchev–Trinajstić information content (AvgIpc) is 3.09. The second-order valence-corrected chi connectivity index (χ2v) is 7.29. The number of carbonyl (C=O) groups excluding carboxylic acids is 1. The highest BCUT2D eigenvalue weighted by molar-refractivity contribution is 6.20. The lowest BCUT2D eigenvalue weighted by atomic mass is 9.65. The maximum atomic E-state index is 13.2. The van der Waals surface area contributed by atoms with Crippen molar-refractivity contribution in [1.29, 1.82) is 0 Å². The van der Waals surface area contributed by atoms with Crippen molar-refractivity contribution < 1.29 is 9.53 Å². The second-order valence-electron chi connectivity index (χ2n) is 7.29. The fraction of sp³-hybridized carbons (Fsp3) is 0.154. The summed E-state index contributed by atoms with van der Waals surface area (Å²) in [7, 11) is 0. The lowest BCUT2D eigenvalue weighted by molar-refractivity contribution is -0.139. The van der Waals surface area contributed by atoms with Crippen molar-refractivity contribution >= 4 is 11.7 Å². The molecule has 0 amide bonds. The summed E-state index contributed by atoms with van der Waals surface area (Å²) in [5.41, 5.74) is 10.4. The molecule has 2 N–H and O–H groups in total. The summed E-state index contributed by atoms with van der Waals surface area (Å²) in [4.78, 5) is 18.0. The summed E-state index contributed by atoms with van der Waals surface area (Å²) in [5.74, 6) is -0.259. The van der Waals surface area contributed by atoms with Gasteiger partial charge < -0.3 is 10.5 Å². The molecule has 0 aliphatic carbocycles. The molecular weight excluding hydrogens is 372 g/mol. The van der Waals surface area contributed by atoms with Gasteiger partial charge >= 0.3 is 5.97 Å². The maximum Gasteiger partial charge on any atom is 0.339 e. The van der Waals surface area contributed by atoms with Crippen molar-refractivity contribution in [3.05, 3.63) is 119 Å². The van der Waals surface area contributed by atoms with Gasteiger partial charge in [0.25, 0.3) is 0 Å². The minimum Gasteiger partial charge on any atom is -0.462 e. The minimum absolute atomic E-state index is 0.191. The van der Waals surface area contributed by atoms with E-state index in [9.17, 15) is 4.79 Å². The molecule has 4 rings (SSSR count). The lowest BCUT2D eigenvalue weighted by Gasteiger charge is -2.34. The summed E-state index contributed by atoms with van der Waals surface area (Å²) in [6, 6.07) is 27.9. The lowest BCUT2D eigenvalue weighted by Crippen LogP contribution is -2.41. The van der Waals surface area contributed by atoms with E-state index in [2.05, 4.69) is 0 Å². The van der Waals surface area contributed by atoms with Gasteiger partial charge in [-0.1, -0.05) is 90.5 Å². The van der Waals surface area contributed by atoms with Crippen LogP contribution in [-0.4, -0.2) is 18.3 Å². The first-order valence-electron chi connectivity index (χ1n) is 10.0. The number of ether oxygens (including phenoxy) is 1. The van der Waals surface area contributed by atoms with Crippen molar-refractivity contribution in [1.82, 2.24) is 0 Å². The van der Waals surface area contributed by atoms with E-state index in [0.717, 1.165) is 28.0 Å². The molecule has 0 saturated heterocycles. The molecule has 150 valence electrons. The molecule has 0 fully saturated rings. The van der Waals surface area contributed by atoms with E-state index >= 15 is 0 Å². The molecule has 4 nitrogen and oxygen atoms in total. The predicted octanol–water partition coefficient (Wildman–Crippen LogP) is 4.52. The van der Waals surface area contributed by atoms with Crippen LogP contribution in [0.15, 0.2) is 101 Å². The Hall–Kier alpha value is -3.66. The fourth-order valence-corrected chi connectivity index (χ4v) is 4.13. The molecular formula is C26H24N2O2. The van der Waals surface area contributed by atoms with Gasteiger partial charge in [-0.3, -0.25) is 0 Å². The number of rotatable bonds is 5. The van der Waals surface area contributed by atoms with Crippen molar-refractivity contribution in [3.63, 3.8) is 0 Å². The number of esters is 1. The number of aliphatic imine (C=N–C) groups is 1. The molecule has 1 aliphatic rings. The van der Waals surface area contributed by atoms with Gasteiger partial charge in [0.1, 0.15) is 11.4 Å². The van der Waals surface area contributed by atoms with Crippen molar-refractivity contribution in [3.8, 4) is 0 Å². The van der Waals surface area contributed by atoms with Gasteiger partial charge in [0.15, 0.2) is 0 Å². The van der Waals surface area contributed by atoms with E-state index in [-0.39, 0.29) is 12.4 Å². The van der Waals surface area contributed by atoms with E-state index in [4.69, 9.17) is 15.5 Å². The van der Waals surface area contributed by atoms with Gasteiger partial charge in [-0.25, -0.2) is 9.79 Å². The molecule has 1 aliphatic heterocycles. The van der Waals surface area contributed by atoms with Crippen LogP contribution < -0.4 is 5.73 Å². The van der Waals surface area contributed by atoms with Crippen molar-refractivity contribution in [2.24, 2.45) is 10.7 Å². The topological polar surface area (TPSA) is 64.7 Å². The van der Waals surface area contributed by atoms with Crippen LogP contribution in [0.1, 0.15) is 29.2 Å². The van der Waals surface area contributed by atoms with Crippen LogP contribution in [0, 0.1) is 6.92 Å². The molecule has 0 radical (unpaired) electrons. The maximum absolute atomic E-state index is 13.2. The number of hydrogen-bond donors (Lipinski definition) is 1. The fourth-order valence-electron chi connectivity index (χ4n) is 4.13. The van der Waals surface area contributed by atoms with Gasteiger partial charge in [0.05, 0.1) is 17.7 Å². The van der Waals surface area contributed by atoms with Crippen LogP contribution in [0.2, 0.25) is 0 Å². The number of hydrogen-bond acceptors (Lipinski definition) is 4. The van der Waals surface area contributed by atoms with E-state index in [1.807, 2.05) is 91.9 Å². The Morgan fingerprint density at radius 1 is 0.900 bits per heavy atom. The van der Waals surface area contributed by atoms with Crippen LogP contribution in [0.3, 0.4) is 0 Å². The first-order chi connectivity index (χ1) is 14.6. The molecule has 0 unspecified atom stereocenters. The minimum atomic E-state index is -0.964. The molecule has 1 heterocycles. The molecule has 0 atom stereocenters. The quantitative estimate of drug-likeness (QED) is 0.645. The third-order valence-corrected chi connectivity index (χ3v) is 5.44. The summed E-state index contributed by atoms with van der Waals surface area (Å²) in [6.45, 7) is 4.09. The molecule has 0 saturated carbocycles. The number of carbonyl (C=O) groups is 1. The highest BCUT2D eigenvalue weighted by atomic mass is 16.5. The monoisotopic (exact) mass is 396 g/mol. The molecule has 0 aromatic heterocycles. The Bertz CT molecular complexity index is 1080. The van der Waals surface area contributed by atoms with Gasteiger partial charge in [-0.15, -0.1) is 0 Å². The molecule has 4 heteroatoms. The zero-order valence-electron chi connectivity index (χ0n) is 17.1. The Labute approximate surface area is 176 Å². The van der Waals surface area contributed by atoms with Crippen LogP contribution in [0.5, 0.6) is 0 Å². The van der Waals surface area contributed by atoms with Gasteiger partial charge in [-0.05, 0) is 30.5 Å². The predicted molar refractivity (Wildman–Crippen MR) is 119 cm³/mol. The van der Waals surface area contributed by atoms with Gasteiger partial charge in [-0.2, -0.15) is 0 Å². The molecule has 3 aromatic carbocycles. The highest BCUT2D eigenvalue weighted by Gasteiger charge is 2.52. The number of nitrogens with two attached hydrogens (primary N) is 1. The third-order valence-electron chi connectivity index (χ3n) is 5.44. The Kier molecular flexibility index (Phi) is 5.23. The molecule has 3 aromatic rings. The van der Waals surface area contributed by atoms with E-state index in [1.54, 1.807) is 6.92 Å². The van der Waals surface area contributed by atoms with Gasteiger partial charge in [0, 0.05) is 0 Å². The standard InChI is InChI=1S/C26H24N2O2/c1-3-30-25(29)22-24(27)28-23(19-16-14-18(2)15-17-19)26(22,20-10-6-4-7-11-20)21-12-8-5-9-13-21/h4-17H,3,27H2,1-2H3. The summed E-state index contributed by atoms with van der Waals surface area (Å²) in [5, 5.41) is 0. The van der Waals surface area contributed by atoms with Crippen LogP contribution in [-0.2, 0) is 14.9 Å². The Morgan fingerprint density at radius 2 is 1.43 bits per heavy atom. The second kappa shape index (κ2) is 7.99. The first-order valence-corrected chi connectivity index (χ1v) is 10.0. The summed E-state index contributed by atoms with van der Waals surface area (Å²) in [6.07, 6.45) is 0. The largest absolute Gasteiger partial charge is 0.462 e. The van der Waals surface area contributed by atoms with Gasteiger partial charge in [0.2, 0.25) is 0 Å². The molecule has 0 bridgehead atoms. The van der Waals surface area contributed by atoms with Crippen molar-refractivity contribution in [2.75, 3.05) is 6.61 Å². The SMILES string of the molecule is CCOC(=O)C1=C(N)N=C(c2ccc(C)cc2)C1(c1ccccc1)c1ccccc1. The van der Waals surface area contributed by atoms with Crippen LogP contribution in [0.4, 0.5) is 0 Å². The van der Waals surface area contributed by atoms with E-state index in [0.29, 0.717) is 5.57 Å². The van der Waals surface area contributed by atoms with E-state index in [1.165, 1.54) is 0 Å². The average molecular weight is 396 g/mol. The van der Waals surface area contributed by atoms with E-state index < -0.39 is 11.4 Å². The normalized spacial score (nSPS) is 15.1. The van der Waals surface area contributed by atoms with Crippen LogP contribution >= 0.6 is 0 Å². The Morgan fingerprint density at radius 3 is 1.93 bits per heavy atom.